The third-order valence-electron chi connectivity index (χ3n) is 3.01. The minimum Gasteiger partial charge on any atom is -0.378 e. The van der Waals surface area contributed by atoms with E-state index in [1.807, 2.05) is 30.3 Å². The number of anilines is 1. The smallest absolute Gasteiger partial charge is 0.0595 e. The van der Waals surface area contributed by atoms with E-state index in [4.69, 9.17) is 23.2 Å². The molecule has 0 spiro atoms. The molecule has 100 valence electrons. The Morgan fingerprint density at radius 2 is 1.84 bits per heavy atom. The SMILES string of the molecule is Cc1cccc(NC(C)c2ccc(Cl)c(Cl)c2)c1Br. The summed E-state index contributed by atoms with van der Waals surface area (Å²) in [7, 11) is 0. The lowest BCUT2D eigenvalue weighted by Crippen LogP contribution is -2.07. The zero-order valence-corrected chi connectivity index (χ0v) is 13.8. The summed E-state index contributed by atoms with van der Waals surface area (Å²) < 4.78 is 1.09. The van der Waals surface area contributed by atoms with Crippen molar-refractivity contribution in [2.75, 3.05) is 5.32 Å². The topological polar surface area (TPSA) is 12.0 Å². The van der Waals surface area contributed by atoms with Crippen molar-refractivity contribution in [3.05, 3.63) is 62.0 Å². The third-order valence-corrected chi connectivity index (χ3v) is 4.80. The van der Waals surface area contributed by atoms with Crippen LogP contribution < -0.4 is 5.32 Å². The third kappa shape index (κ3) is 3.44. The largest absolute Gasteiger partial charge is 0.378 e. The standard InChI is InChI=1S/C15H14BrCl2N/c1-9-4-3-5-14(15(9)16)19-10(2)11-6-7-12(17)13(18)8-11/h3-8,10,19H,1-2H3. The number of hydrogen-bond donors (Lipinski definition) is 1. The zero-order valence-electron chi connectivity index (χ0n) is 10.7. The summed E-state index contributed by atoms with van der Waals surface area (Å²) in [5, 5.41) is 4.62. The van der Waals surface area contributed by atoms with E-state index < -0.39 is 0 Å². The summed E-state index contributed by atoms with van der Waals surface area (Å²) in [5.41, 5.74) is 3.37. The van der Waals surface area contributed by atoms with E-state index >= 15 is 0 Å². The van der Waals surface area contributed by atoms with Crippen molar-refractivity contribution >= 4 is 44.8 Å². The van der Waals surface area contributed by atoms with E-state index in [1.165, 1.54) is 5.56 Å². The first kappa shape index (κ1) is 14.7. The molecule has 1 unspecified atom stereocenters. The summed E-state index contributed by atoms with van der Waals surface area (Å²) in [6.07, 6.45) is 0. The molecule has 2 rings (SSSR count). The Labute approximate surface area is 132 Å². The number of nitrogens with one attached hydrogen (secondary N) is 1. The van der Waals surface area contributed by atoms with Gasteiger partial charge in [-0.1, -0.05) is 41.4 Å². The molecule has 0 fully saturated rings. The van der Waals surface area contributed by atoms with Gasteiger partial charge in [0.25, 0.3) is 0 Å². The molecule has 0 amide bonds. The van der Waals surface area contributed by atoms with Gasteiger partial charge < -0.3 is 5.32 Å². The molecular formula is C15H14BrCl2N. The Kier molecular flexibility index (Phi) is 4.77. The van der Waals surface area contributed by atoms with E-state index in [9.17, 15) is 0 Å². The van der Waals surface area contributed by atoms with Crippen LogP contribution in [-0.4, -0.2) is 0 Å². The van der Waals surface area contributed by atoms with Crippen LogP contribution in [0.25, 0.3) is 0 Å². The molecule has 0 heterocycles. The molecule has 2 aromatic rings. The molecule has 0 aromatic heterocycles. The molecule has 1 atom stereocenters. The molecule has 1 nitrogen and oxygen atoms in total. The minimum atomic E-state index is 0.146. The lowest BCUT2D eigenvalue weighted by Gasteiger charge is -2.18. The van der Waals surface area contributed by atoms with Crippen molar-refractivity contribution in [3.63, 3.8) is 0 Å². The summed E-state index contributed by atoms with van der Waals surface area (Å²) in [4.78, 5) is 0. The van der Waals surface area contributed by atoms with E-state index in [0.717, 1.165) is 15.7 Å². The van der Waals surface area contributed by atoms with Crippen LogP contribution in [0.5, 0.6) is 0 Å². The molecule has 0 aliphatic heterocycles. The molecule has 2 aromatic carbocycles. The Hall–Kier alpha value is -0.700. The van der Waals surface area contributed by atoms with Crippen LogP contribution in [0.3, 0.4) is 0 Å². The van der Waals surface area contributed by atoms with Crippen molar-refractivity contribution in [3.8, 4) is 0 Å². The highest BCUT2D eigenvalue weighted by Crippen LogP contribution is 2.31. The fraction of sp³-hybridized carbons (Fsp3) is 0.200. The van der Waals surface area contributed by atoms with Gasteiger partial charge >= 0.3 is 0 Å². The van der Waals surface area contributed by atoms with Gasteiger partial charge in [0.1, 0.15) is 0 Å². The number of halogens is 3. The van der Waals surface area contributed by atoms with Gasteiger partial charge in [0.2, 0.25) is 0 Å². The first-order valence-corrected chi connectivity index (χ1v) is 7.50. The van der Waals surface area contributed by atoms with Gasteiger partial charge in [-0.2, -0.15) is 0 Å². The van der Waals surface area contributed by atoms with E-state index in [0.29, 0.717) is 10.0 Å². The van der Waals surface area contributed by atoms with Crippen LogP contribution in [0.2, 0.25) is 10.0 Å². The second kappa shape index (κ2) is 6.17. The first-order valence-electron chi connectivity index (χ1n) is 5.95. The lowest BCUT2D eigenvalue weighted by atomic mass is 10.1. The second-order valence-corrected chi connectivity index (χ2v) is 6.08. The van der Waals surface area contributed by atoms with Crippen molar-refractivity contribution in [2.45, 2.75) is 19.9 Å². The zero-order chi connectivity index (χ0) is 14.0. The van der Waals surface area contributed by atoms with E-state index in [2.05, 4.69) is 41.2 Å². The highest BCUT2D eigenvalue weighted by molar-refractivity contribution is 9.10. The van der Waals surface area contributed by atoms with E-state index in [-0.39, 0.29) is 6.04 Å². The molecular weight excluding hydrogens is 345 g/mol. The van der Waals surface area contributed by atoms with Gasteiger partial charge in [-0.15, -0.1) is 0 Å². The van der Waals surface area contributed by atoms with Crippen molar-refractivity contribution in [1.82, 2.24) is 0 Å². The van der Waals surface area contributed by atoms with Crippen LogP contribution in [0.4, 0.5) is 5.69 Å². The number of aryl methyl sites for hydroxylation is 1. The van der Waals surface area contributed by atoms with Gasteiger partial charge in [-0.25, -0.2) is 0 Å². The molecule has 4 heteroatoms. The predicted molar refractivity (Wildman–Crippen MR) is 87.4 cm³/mol. The van der Waals surface area contributed by atoms with Gasteiger partial charge in [0, 0.05) is 16.2 Å². The molecule has 0 saturated carbocycles. The van der Waals surface area contributed by atoms with Crippen LogP contribution >= 0.6 is 39.1 Å². The average Bonchev–Trinajstić information content (AvgIpc) is 2.38. The molecule has 0 saturated heterocycles. The highest BCUT2D eigenvalue weighted by Gasteiger charge is 2.10. The quantitative estimate of drug-likeness (QED) is 0.684. The average molecular weight is 359 g/mol. The molecule has 0 bridgehead atoms. The molecule has 19 heavy (non-hydrogen) atoms. The summed E-state index contributed by atoms with van der Waals surface area (Å²) in [6.45, 7) is 4.16. The normalized spacial score (nSPS) is 12.3. The van der Waals surface area contributed by atoms with Gasteiger partial charge in [0.15, 0.2) is 0 Å². The Morgan fingerprint density at radius 1 is 1.11 bits per heavy atom. The van der Waals surface area contributed by atoms with Crippen LogP contribution in [0, 0.1) is 6.92 Å². The van der Waals surface area contributed by atoms with Gasteiger partial charge in [-0.05, 0) is 59.1 Å². The minimum absolute atomic E-state index is 0.146. The molecule has 0 radical (unpaired) electrons. The summed E-state index contributed by atoms with van der Waals surface area (Å²) in [6, 6.07) is 12.0. The number of benzene rings is 2. The van der Waals surface area contributed by atoms with Crippen molar-refractivity contribution < 1.29 is 0 Å². The van der Waals surface area contributed by atoms with Gasteiger partial charge in [0.05, 0.1) is 10.0 Å². The number of rotatable bonds is 3. The Bertz CT molecular complexity index is 599. The van der Waals surface area contributed by atoms with Gasteiger partial charge in [-0.3, -0.25) is 0 Å². The Morgan fingerprint density at radius 3 is 2.53 bits per heavy atom. The highest BCUT2D eigenvalue weighted by atomic mass is 79.9. The molecule has 1 N–H and O–H groups in total. The Balaban J connectivity index is 2.23. The lowest BCUT2D eigenvalue weighted by molar-refractivity contribution is 0.883. The monoisotopic (exact) mass is 357 g/mol. The fourth-order valence-corrected chi connectivity index (χ4v) is 2.54. The molecule has 0 aliphatic carbocycles. The molecule has 0 aliphatic rings. The maximum atomic E-state index is 6.05. The van der Waals surface area contributed by atoms with E-state index in [1.54, 1.807) is 0 Å². The fourth-order valence-electron chi connectivity index (χ4n) is 1.86. The van der Waals surface area contributed by atoms with Crippen LogP contribution in [0.15, 0.2) is 40.9 Å². The predicted octanol–water partition coefficient (Wildman–Crippen LogP) is 6.24. The van der Waals surface area contributed by atoms with Crippen LogP contribution in [0.1, 0.15) is 24.1 Å². The summed E-state index contributed by atoms with van der Waals surface area (Å²) >= 11 is 15.6. The number of hydrogen-bond acceptors (Lipinski definition) is 1. The summed E-state index contributed by atoms with van der Waals surface area (Å²) in [5.74, 6) is 0. The maximum absolute atomic E-state index is 6.05. The first-order chi connectivity index (χ1) is 8.99. The second-order valence-electron chi connectivity index (χ2n) is 4.48. The van der Waals surface area contributed by atoms with Crippen LogP contribution in [-0.2, 0) is 0 Å². The van der Waals surface area contributed by atoms with Crippen molar-refractivity contribution in [1.29, 1.82) is 0 Å². The van der Waals surface area contributed by atoms with Crippen molar-refractivity contribution in [2.24, 2.45) is 0 Å². The maximum Gasteiger partial charge on any atom is 0.0595 e.